The van der Waals surface area contributed by atoms with Crippen LogP contribution in [0.3, 0.4) is 0 Å². The van der Waals surface area contributed by atoms with Crippen LogP contribution in [0.5, 0.6) is 0 Å². The summed E-state index contributed by atoms with van der Waals surface area (Å²) >= 11 is 0. The molecular formula is C27H33N7O. The number of aromatic nitrogens is 3. The van der Waals surface area contributed by atoms with Crippen LogP contribution in [0.25, 0.3) is 16.6 Å². The summed E-state index contributed by atoms with van der Waals surface area (Å²) in [6, 6.07) is 10.5. The van der Waals surface area contributed by atoms with Gasteiger partial charge in [-0.15, -0.1) is 0 Å². The molecule has 3 heterocycles. The Hall–Kier alpha value is -3.52. The number of aliphatic imine (C=N–C) groups is 1. The lowest BCUT2D eigenvalue weighted by molar-refractivity contribution is 0.0569. The van der Waals surface area contributed by atoms with Crippen molar-refractivity contribution in [1.29, 1.82) is 0 Å². The van der Waals surface area contributed by atoms with Crippen LogP contribution in [0, 0.1) is 0 Å². The third-order valence-corrected chi connectivity index (χ3v) is 7.01. The maximum atomic E-state index is 13.2. The molecule has 35 heavy (non-hydrogen) atoms. The van der Waals surface area contributed by atoms with Crippen molar-refractivity contribution in [3.8, 4) is 0 Å². The van der Waals surface area contributed by atoms with Gasteiger partial charge in [-0.05, 0) is 57.0 Å². The molecule has 1 aromatic carbocycles. The first kappa shape index (κ1) is 23.2. The smallest absolute Gasteiger partial charge is 0.270 e. The maximum absolute atomic E-state index is 13.2. The van der Waals surface area contributed by atoms with E-state index >= 15 is 0 Å². The molecule has 0 radical (unpaired) electrons. The zero-order chi connectivity index (χ0) is 24.2. The van der Waals surface area contributed by atoms with Crippen LogP contribution >= 0.6 is 0 Å². The Morgan fingerprint density at radius 3 is 2.66 bits per heavy atom. The van der Waals surface area contributed by atoms with Crippen molar-refractivity contribution in [2.75, 3.05) is 31.5 Å². The second-order valence-corrected chi connectivity index (χ2v) is 9.20. The van der Waals surface area contributed by atoms with Crippen LogP contribution in [-0.4, -0.2) is 69.1 Å². The summed E-state index contributed by atoms with van der Waals surface area (Å²) in [4.78, 5) is 34.3. The number of carbonyl (C=O) groups is 1. The topological polar surface area (TPSA) is 89.5 Å². The number of benzene rings is 1. The van der Waals surface area contributed by atoms with Crippen molar-refractivity contribution in [1.82, 2.24) is 24.8 Å². The van der Waals surface area contributed by atoms with Crippen molar-refractivity contribution in [2.45, 2.75) is 45.6 Å². The molecule has 0 bridgehead atoms. The van der Waals surface area contributed by atoms with Crippen LogP contribution in [0.1, 0.15) is 55.7 Å². The van der Waals surface area contributed by atoms with E-state index in [1.54, 1.807) is 12.4 Å². The average Bonchev–Trinajstić information content (AvgIpc) is 3.57. The first-order chi connectivity index (χ1) is 17.1. The lowest BCUT2D eigenvalue weighted by Gasteiger charge is -2.37. The van der Waals surface area contributed by atoms with Gasteiger partial charge in [-0.2, -0.15) is 0 Å². The minimum Gasteiger partial charge on any atom is -0.351 e. The van der Waals surface area contributed by atoms with Crippen molar-refractivity contribution in [3.05, 3.63) is 54.0 Å². The van der Waals surface area contributed by atoms with E-state index in [1.807, 2.05) is 55.2 Å². The predicted molar refractivity (Wildman–Crippen MR) is 141 cm³/mol. The summed E-state index contributed by atoms with van der Waals surface area (Å²) < 4.78 is 0. The minimum absolute atomic E-state index is 0.0770. The molecule has 1 amide bonds. The molecule has 0 atom stereocenters. The van der Waals surface area contributed by atoms with Crippen LogP contribution in [0.2, 0.25) is 0 Å². The number of allylic oxidation sites excluding steroid dienone is 1. The van der Waals surface area contributed by atoms with E-state index in [-0.39, 0.29) is 5.91 Å². The zero-order valence-corrected chi connectivity index (χ0v) is 20.5. The number of piperazine rings is 1. The molecule has 5 rings (SSSR count). The van der Waals surface area contributed by atoms with Gasteiger partial charge in [0.15, 0.2) is 0 Å². The molecule has 2 N–H and O–H groups in total. The number of nitrogens with zero attached hydrogens (tertiary/aromatic N) is 5. The highest BCUT2D eigenvalue weighted by Crippen LogP contribution is 2.26. The molecule has 8 heteroatoms. The number of fused-ring (bicyclic) bond motifs is 1. The Kier molecular flexibility index (Phi) is 6.90. The number of carbonyl (C=O) groups excluding carboxylic acids is 1. The Morgan fingerprint density at radius 1 is 1.11 bits per heavy atom. The normalized spacial score (nSPS) is 18.1. The molecule has 2 fully saturated rings. The lowest BCUT2D eigenvalue weighted by atomic mass is 10.1. The summed E-state index contributed by atoms with van der Waals surface area (Å²) in [6.07, 6.45) is 10.7. The number of nitrogens with one attached hydrogen (secondary N) is 2. The van der Waals surface area contributed by atoms with Crippen LogP contribution < -0.4 is 5.32 Å². The number of amides is 1. The van der Waals surface area contributed by atoms with Crippen molar-refractivity contribution in [2.24, 2.45) is 4.99 Å². The fraction of sp³-hybridized carbons (Fsp3) is 0.407. The van der Waals surface area contributed by atoms with E-state index in [4.69, 9.17) is 0 Å². The molecule has 182 valence electrons. The molecule has 1 saturated carbocycles. The van der Waals surface area contributed by atoms with Gasteiger partial charge in [0, 0.05) is 61.2 Å². The van der Waals surface area contributed by atoms with Crippen molar-refractivity contribution in [3.63, 3.8) is 0 Å². The number of aromatic amines is 1. The van der Waals surface area contributed by atoms with Gasteiger partial charge in [0.2, 0.25) is 5.95 Å². The number of anilines is 2. The summed E-state index contributed by atoms with van der Waals surface area (Å²) in [6.45, 7) is 7.35. The molecule has 1 aliphatic heterocycles. The summed E-state index contributed by atoms with van der Waals surface area (Å²) in [7, 11) is 0. The van der Waals surface area contributed by atoms with Gasteiger partial charge in [0.05, 0.1) is 11.4 Å². The number of hydrogen-bond donors (Lipinski definition) is 2. The van der Waals surface area contributed by atoms with Crippen LogP contribution in [0.15, 0.2) is 47.6 Å². The second-order valence-electron chi connectivity index (χ2n) is 9.20. The monoisotopic (exact) mass is 471 g/mol. The molecular weight excluding hydrogens is 438 g/mol. The molecule has 0 unspecified atom stereocenters. The molecule has 2 aliphatic rings. The van der Waals surface area contributed by atoms with Crippen LogP contribution in [-0.2, 0) is 0 Å². The fourth-order valence-electron chi connectivity index (χ4n) is 5.17. The molecule has 8 nitrogen and oxygen atoms in total. The van der Waals surface area contributed by atoms with Gasteiger partial charge in [-0.1, -0.05) is 18.9 Å². The van der Waals surface area contributed by atoms with Gasteiger partial charge in [0.25, 0.3) is 5.91 Å². The first-order valence-corrected chi connectivity index (χ1v) is 12.6. The fourth-order valence-corrected chi connectivity index (χ4v) is 5.17. The Morgan fingerprint density at radius 2 is 1.91 bits per heavy atom. The van der Waals surface area contributed by atoms with Gasteiger partial charge in [-0.3, -0.25) is 14.7 Å². The highest BCUT2D eigenvalue weighted by molar-refractivity contribution is 5.98. The predicted octanol–water partition coefficient (Wildman–Crippen LogP) is 4.85. The third kappa shape index (κ3) is 5.12. The zero-order valence-electron chi connectivity index (χ0n) is 20.5. The van der Waals surface area contributed by atoms with E-state index in [9.17, 15) is 4.79 Å². The number of H-pyrrole nitrogens is 1. The third-order valence-electron chi connectivity index (χ3n) is 7.01. The maximum Gasteiger partial charge on any atom is 0.270 e. The van der Waals surface area contributed by atoms with Gasteiger partial charge in [0.1, 0.15) is 5.69 Å². The highest BCUT2D eigenvalue weighted by Gasteiger charge is 2.28. The summed E-state index contributed by atoms with van der Waals surface area (Å²) in [5.74, 6) is 0.577. The Balaban J connectivity index is 1.27. The Bertz CT molecular complexity index is 1250. The minimum atomic E-state index is 0.0770. The average molecular weight is 472 g/mol. The van der Waals surface area contributed by atoms with E-state index in [2.05, 4.69) is 30.2 Å². The molecule has 1 aliphatic carbocycles. The van der Waals surface area contributed by atoms with Crippen LogP contribution in [0.4, 0.5) is 11.6 Å². The molecule has 0 spiro atoms. The number of hydrogen-bond acceptors (Lipinski definition) is 6. The molecule has 1 saturated heterocycles. The second kappa shape index (κ2) is 10.4. The molecule has 2 aromatic heterocycles. The van der Waals surface area contributed by atoms with Gasteiger partial charge >= 0.3 is 0 Å². The highest BCUT2D eigenvalue weighted by atomic mass is 16.2. The molecule has 3 aromatic rings. The van der Waals surface area contributed by atoms with E-state index < -0.39 is 0 Å². The van der Waals surface area contributed by atoms with E-state index in [0.29, 0.717) is 11.6 Å². The quantitative estimate of drug-likeness (QED) is 0.502. The Labute approximate surface area is 206 Å². The van der Waals surface area contributed by atoms with Crippen molar-refractivity contribution < 1.29 is 4.79 Å². The van der Waals surface area contributed by atoms with Crippen molar-refractivity contribution >= 4 is 40.4 Å². The lowest BCUT2D eigenvalue weighted by Crippen LogP contribution is -2.51. The SMILES string of the molecule is CC=N/C(=C\C)c1ccnc(Nc2ccc3[nH]c(C(=O)N4CCN(C5CCCC5)CC4)cc3c2)n1. The van der Waals surface area contributed by atoms with E-state index in [0.717, 1.165) is 60.2 Å². The summed E-state index contributed by atoms with van der Waals surface area (Å²) in [5.41, 5.74) is 3.99. The summed E-state index contributed by atoms with van der Waals surface area (Å²) in [5, 5.41) is 4.25. The number of rotatable bonds is 6. The largest absolute Gasteiger partial charge is 0.351 e. The van der Waals surface area contributed by atoms with Gasteiger partial charge in [-0.25, -0.2) is 9.97 Å². The first-order valence-electron chi connectivity index (χ1n) is 12.6. The van der Waals surface area contributed by atoms with E-state index in [1.165, 1.54) is 25.7 Å². The van der Waals surface area contributed by atoms with Gasteiger partial charge < -0.3 is 15.2 Å². The standard InChI is InChI=1S/C27H33N7O/c1-3-22(28-4-2)24-11-12-29-27(32-24)30-20-9-10-23-19(17-20)18-25(31-23)26(35)34-15-13-33(14-16-34)21-7-5-6-8-21/h3-4,9-12,17-18,21,31H,5-8,13-16H2,1-2H3,(H,29,30,32)/b22-3-,28-4?.